The van der Waals surface area contributed by atoms with Crippen molar-refractivity contribution in [3.05, 3.63) is 42.5 Å². The zero-order valence-electron chi connectivity index (χ0n) is 12.1. The molecule has 0 atom stereocenters. The van der Waals surface area contributed by atoms with Crippen molar-refractivity contribution in [2.24, 2.45) is 0 Å². The summed E-state index contributed by atoms with van der Waals surface area (Å²) in [6.07, 6.45) is -0.751. The lowest BCUT2D eigenvalue weighted by atomic mass is 10.1. The Balaban J connectivity index is 1.76. The maximum Gasteiger partial charge on any atom is 0.417 e. The molecular weight excluding hydrogens is 320 g/mol. The molecule has 8 heteroatoms. The minimum absolute atomic E-state index is 0.0678. The lowest BCUT2D eigenvalue weighted by Crippen LogP contribution is -2.37. The van der Waals surface area contributed by atoms with E-state index in [1.807, 2.05) is 18.2 Å². The maximum absolute atomic E-state index is 12.5. The number of hydrogen-bond donors (Lipinski definition) is 1. The highest BCUT2D eigenvalue weighted by Crippen LogP contribution is 2.22. The van der Waals surface area contributed by atoms with Gasteiger partial charge in [0.1, 0.15) is 0 Å². The van der Waals surface area contributed by atoms with Crippen LogP contribution in [0, 0.1) is 0 Å². The van der Waals surface area contributed by atoms with Crippen LogP contribution in [0.15, 0.2) is 47.4 Å². The molecule has 0 radical (unpaired) electrons. The number of nitrogens with one attached hydrogen (secondary N) is 1. The number of sulfonamides is 1. The fraction of sp³-hybridized carbons (Fsp3) is 0.200. The Morgan fingerprint density at radius 2 is 1.83 bits per heavy atom. The molecule has 1 heterocycles. The van der Waals surface area contributed by atoms with Crippen LogP contribution in [-0.4, -0.2) is 45.0 Å². The van der Waals surface area contributed by atoms with Crippen molar-refractivity contribution in [3.8, 4) is 0 Å². The van der Waals surface area contributed by atoms with Crippen LogP contribution in [0.1, 0.15) is 0 Å². The van der Waals surface area contributed by atoms with E-state index in [0.29, 0.717) is 5.39 Å². The summed E-state index contributed by atoms with van der Waals surface area (Å²) in [5.74, 6) is -0.473. The molecule has 1 saturated heterocycles. The highest BCUT2D eigenvalue weighted by molar-refractivity contribution is 7.89. The Morgan fingerprint density at radius 3 is 2.57 bits per heavy atom. The zero-order chi connectivity index (χ0) is 16.4. The van der Waals surface area contributed by atoms with Gasteiger partial charge in [-0.05, 0) is 11.5 Å². The summed E-state index contributed by atoms with van der Waals surface area (Å²) < 4.78 is 31.9. The molecule has 0 unspecified atom stereocenters. The number of nitrogens with zero attached hydrogens (tertiary/aromatic N) is 1. The SMILES string of the molecule is O=C1COC(=O)N1CCNS(=O)(=O)c1cccc2ccccc12. The third kappa shape index (κ3) is 3.03. The van der Waals surface area contributed by atoms with Gasteiger partial charge < -0.3 is 4.74 Å². The lowest BCUT2D eigenvalue weighted by Gasteiger charge is -2.13. The Bertz CT molecular complexity index is 857. The van der Waals surface area contributed by atoms with E-state index < -0.39 is 22.0 Å². The van der Waals surface area contributed by atoms with Gasteiger partial charge in [-0.15, -0.1) is 0 Å². The van der Waals surface area contributed by atoms with Crippen molar-refractivity contribution in [1.82, 2.24) is 9.62 Å². The number of cyclic esters (lactones) is 1. The van der Waals surface area contributed by atoms with Crippen molar-refractivity contribution in [2.75, 3.05) is 19.7 Å². The molecule has 1 N–H and O–H groups in total. The monoisotopic (exact) mass is 334 g/mol. The van der Waals surface area contributed by atoms with Gasteiger partial charge in [-0.2, -0.15) is 0 Å². The Labute approximate surface area is 132 Å². The van der Waals surface area contributed by atoms with Crippen molar-refractivity contribution in [1.29, 1.82) is 0 Å². The van der Waals surface area contributed by atoms with Gasteiger partial charge in [0.15, 0.2) is 6.61 Å². The van der Waals surface area contributed by atoms with Crippen LogP contribution >= 0.6 is 0 Å². The average molecular weight is 334 g/mol. The predicted molar refractivity (Wildman–Crippen MR) is 82.2 cm³/mol. The van der Waals surface area contributed by atoms with Crippen LogP contribution in [0.2, 0.25) is 0 Å². The summed E-state index contributed by atoms with van der Waals surface area (Å²) in [7, 11) is -3.75. The first kappa shape index (κ1) is 15.4. The van der Waals surface area contributed by atoms with Crippen LogP contribution in [0.3, 0.4) is 0 Å². The molecule has 0 aromatic heterocycles. The minimum atomic E-state index is -3.75. The van der Waals surface area contributed by atoms with E-state index in [1.165, 1.54) is 6.07 Å². The summed E-state index contributed by atoms with van der Waals surface area (Å²) >= 11 is 0. The number of imide groups is 1. The van der Waals surface area contributed by atoms with Crippen LogP contribution in [-0.2, 0) is 19.6 Å². The Kier molecular flexibility index (Phi) is 4.01. The van der Waals surface area contributed by atoms with Gasteiger partial charge in [0.2, 0.25) is 10.0 Å². The van der Waals surface area contributed by atoms with E-state index in [0.717, 1.165) is 10.3 Å². The van der Waals surface area contributed by atoms with Gasteiger partial charge >= 0.3 is 6.09 Å². The van der Waals surface area contributed by atoms with Crippen molar-refractivity contribution >= 4 is 32.8 Å². The zero-order valence-corrected chi connectivity index (χ0v) is 12.9. The van der Waals surface area contributed by atoms with Gasteiger partial charge in [-0.25, -0.2) is 22.8 Å². The number of carbonyl (C=O) groups excluding carboxylic acids is 2. The molecule has 3 rings (SSSR count). The number of fused-ring (bicyclic) bond motifs is 1. The Morgan fingerprint density at radius 1 is 1.09 bits per heavy atom. The maximum atomic E-state index is 12.5. The van der Waals surface area contributed by atoms with Gasteiger partial charge in [0.25, 0.3) is 5.91 Å². The van der Waals surface area contributed by atoms with Crippen molar-refractivity contribution < 1.29 is 22.7 Å². The third-order valence-corrected chi connectivity index (χ3v) is 5.03. The second kappa shape index (κ2) is 5.98. The second-order valence-electron chi connectivity index (χ2n) is 4.98. The quantitative estimate of drug-likeness (QED) is 0.884. The molecule has 120 valence electrons. The van der Waals surface area contributed by atoms with E-state index in [4.69, 9.17) is 0 Å². The summed E-state index contributed by atoms with van der Waals surface area (Å²) in [4.78, 5) is 23.7. The first-order chi connectivity index (χ1) is 11.0. The van der Waals surface area contributed by atoms with E-state index in [-0.39, 0.29) is 24.6 Å². The summed E-state index contributed by atoms with van der Waals surface area (Å²) in [6.45, 7) is -0.442. The normalized spacial score (nSPS) is 15.2. The molecule has 0 saturated carbocycles. The number of hydrogen-bond acceptors (Lipinski definition) is 5. The third-order valence-electron chi connectivity index (χ3n) is 3.51. The van der Waals surface area contributed by atoms with E-state index >= 15 is 0 Å². The van der Waals surface area contributed by atoms with Gasteiger partial charge in [-0.1, -0.05) is 36.4 Å². The number of rotatable bonds is 5. The molecule has 2 aromatic carbocycles. The molecule has 0 aliphatic carbocycles. The number of amides is 2. The number of benzene rings is 2. The first-order valence-corrected chi connectivity index (χ1v) is 8.42. The molecule has 2 aromatic rings. The van der Waals surface area contributed by atoms with E-state index in [1.54, 1.807) is 18.2 Å². The van der Waals surface area contributed by atoms with Crippen molar-refractivity contribution in [3.63, 3.8) is 0 Å². The summed E-state index contributed by atoms with van der Waals surface area (Å²) in [5.41, 5.74) is 0. The molecule has 1 aliphatic rings. The molecule has 7 nitrogen and oxygen atoms in total. The number of carbonyl (C=O) groups is 2. The lowest BCUT2D eigenvalue weighted by molar-refractivity contribution is -0.125. The average Bonchev–Trinajstić information content (AvgIpc) is 2.86. The number of ether oxygens (including phenoxy) is 1. The predicted octanol–water partition coefficient (Wildman–Crippen LogP) is 1.10. The summed E-state index contributed by atoms with van der Waals surface area (Å²) in [5, 5.41) is 1.42. The van der Waals surface area contributed by atoms with Gasteiger partial charge in [0, 0.05) is 18.5 Å². The first-order valence-electron chi connectivity index (χ1n) is 6.93. The van der Waals surface area contributed by atoms with Crippen molar-refractivity contribution in [2.45, 2.75) is 4.90 Å². The van der Waals surface area contributed by atoms with Gasteiger partial charge in [0.05, 0.1) is 4.90 Å². The topological polar surface area (TPSA) is 92.8 Å². The second-order valence-corrected chi connectivity index (χ2v) is 6.71. The molecule has 0 bridgehead atoms. The molecular formula is C15H14N2O5S. The molecule has 2 amide bonds. The van der Waals surface area contributed by atoms with Crippen LogP contribution < -0.4 is 4.72 Å². The molecule has 1 fully saturated rings. The largest absolute Gasteiger partial charge is 0.439 e. The van der Waals surface area contributed by atoms with E-state index in [9.17, 15) is 18.0 Å². The standard InChI is InChI=1S/C15H14N2O5S/c18-14-10-22-15(19)17(14)9-8-16-23(20,21)13-7-3-5-11-4-1-2-6-12(11)13/h1-7,16H,8-10H2. The van der Waals surface area contributed by atoms with Gasteiger partial charge in [-0.3, -0.25) is 4.79 Å². The highest BCUT2D eigenvalue weighted by atomic mass is 32.2. The van der Waals surface area contributed by atoms with Crippen LogP contribution in [0.5, 0.6) is 0 Å². The van der Waals surface area contributed by atoms with Crippen LogP contribution in [0.4, 0.5) is 4.79 Å². The molecule has 0 spiro atoms. The highest BCUT2D eigenvalue weighted by Gasteiger charge is 2.30. The smallest absolute Gasteiger partial charge is 0.417 e. The molecule has 1 aliphatic heterocycles. The fourth-order valence-corrected chi connectivity index (χ4v) is 3.65. The van der Waals surface area contributed by atoms with Crippen LogP contribution in [0.25, 0.3) is 10.8 Å². The summed E-state index contributed by atoms with van der Waals surface area (Å²) in [6, 6.07) is 12.2. The fourth-order valence-electron chi connectivity index (χ4n) is 2.40. The Hall–Kier alpha value is -2.45. The minimum Gasteiger partial charge on any atom is -0.439 e. The van der Waals surface area contributed by atoms with E-state index in [2.05, 4.69) is 9.46 Å². The molecule has 23 heavy (non-hydrogen) atoms.